The van der Waals surface area contributed by atoms with Gasteiger partial charge in [0.25, 0.3) is 0 Å². The van der Waals surface area contributed by atoms with Gasteiger partial charge in [0.1, 0.15) is 0 Å². The van der Waals surface area contributed by atoms with E-state index in [-0.39, 0.29) is 0 Å². The van der Waals surface area contributed by atoms with Crippen LogP contribution in [0.3, 0.4) is 0 Å². The van der Waals surface area contributed by atoms with Crippen molar-refractivity contribution in [1.29, 1.82) is 0 Å². The highest BCUT2D eigenvalue weighted by molar-refractivity contribution is 5.56. The number of aliphatic hydroxyl groups excluding tert-OH is 1. The lowest BCUT2D eigenvalue weighted by Gasteiger charge is -2.39. The van der Waals surface area contributed by atoms with Gasteiger partial charge in [-0.3, -0.25) is 4.90 Å². The number of benzene rings is 2. The first-order chi connectivity index (χ1) is 12.6. The first-order valence-corrected chi connectivity index (χ1v) is 9.65. The van der Waals surface area contributed by atoms with Gasteiger partial charge >= 0.3 is 0 Å². The van der Waals surface area contributed by atoms with Gasteiger partial charge in [-0.05, 0) is 42.0 Å². The number of piperidine rings is 1. The fraction of sp³-hybridized carbons (Fsp3) is 0.455. The molecule has 2 aromatic rings. The summed E-state index contributed by atoms with van der Waals surface area (Å²) < 4.78 is 0. The molecule has 4 nitrogen and oxygen atoms in total. The Morgan fingerprint density at radius 2 is 1.85 bits per heavy atom. The molecule has 0 radical (unpaired) electrons. The Hall–Kier alpha value is -1.88. The summed E-state index contributed by atoms with van der Waals surface area (Å²) in [5.41, 5.74) is 4.16. The van der Waals surface area contributed by atoms with Gasteiger partial charge in [0.05, 0.1) is 11.7 Å². The topological polar surface area (TPSA) is 55.7 Å². The minimum atomic E-state index is -0.770. The van der Waals surface area contributed by atoms with Crippen LogP contribution in [0, 0.1) is 0 Å². The van der Waals surface area contributed by atoms with Crippen LogP contribution < -0.4 is 5.32 Å². The fourth-order valence-electron chi connectivity index (χ4n) is 4.20. The van der Waals surface area contributed by atoms with E-state index in [1.54, 1.807) is 0 Å². The number of nitrogens with one attached hydrogen (secondary N) is 1. The van der Waals surface area contributed by atoms with Crippen LogP contribution in [-0.2, 0) is 13.0 Å². The Kier molecular flexibility index (Phi) is 4.98. The number of nitrogens with zero attached hydrogens (tertiary/aromatic N) is 1. The lowest BCUT2D eigenvalue weighted by molar-refractivity contribution is -0.0567. The number of likely N-dealkylation sites (tertiary alicyclic amines) is 1. The highest BCUT2D eigenvalue weighted by atomic mass is 16.3. The van der Waals surface area contributed by atoms with Crippen molar-refractivity contribution in [2.75, 3.05) is 25.0 Å². The zero-order valence-corrected chi connectivity index (χ0v) is 15.2. The minimum absolute atomic E-state index is 0.412. The molecule has 2 aliphatic rings. The van der Waals surface area contributed by atoms with Crippen molar-refractivity contribution in [2.45, 2.75) is 43.9 Å². The summed E-state index contributed by atoms with van der Waals surface area (Å²) >= 11 is 0. The molecule has 1 saturated heterocycles. The quantitative estimate of drug-likeness (QED) is 0.774. The van der Waals surface area contributed by atoms with Crippen molar-refractivity contribution in [3.63, 3.8) is 0 Å². The van der Waals surface area contributed by atoms with Crippen molar-refractivity contribution >= 4 is 5.69 Å². The second-order valence-electron chi connectivity index (χ2n) is 7.80. The molecule has 1 atom stereocenters. The third-order valence-corrected chi connectivity index (χ3v) is 5.83. The van der Waals surface area contributed by atoms with Gasteiger partial charge < -0.3 is 15.5 Å². The van der Waals surface area contributed by atoms with Gasteiger partial charge in [-0.25, -0.2) is 0 Å². The highest BCUT2D eigenvalue weighted by Gasteiger charge is 2.34. The first-order valence-electron chi connectivity index (χ1n) is 9.65. The largest absolute Gasteiger partial charge is 0.390 e. The van der Waals surface area contributed by atoms with E-state index in [0.29, 0.717) is 19.3 Å². The van der Waals surface area contributed by atoms with Crippen LogP contribution in [0.2, 0.25) is 0 Å². The lowest BCUT2D eigenvalue weighted by Crippen LogP contribution is -2.44. The molecule has 138 valence electrons. The molecule has 26 heavy (non-hydrogen) atoms. The molecule has 0 aromatic heterocycles. The Balaban J connectivity index is 1.32. The predicted octanol–water partition coefficient (Wildman–Crippen LogP) is 3.11. The zero-order chi connectivity index (χ0) is 18.0. The van der Waals surface area contributed by atoms with Crippen LogP contribution >= 0.6 is 0 Å². The SMILES string of the molecule is OC(CC1(O)CCN(Cc2ccc3c(c2)CCN3)CC1)c1ccccc1. The van der Waals surface area contributed by atoms with Gasteiger partial charge in [0.15, 0.2) is 0 Å². The van der Waals surface area contributed by atoms with E-state index in [9.17, 15) is 10.2 Å². The summed E-state index contributed by atoms with van der Waals surface area (Å²) in [6.07, 6.45) is 2.35. The molecule has 4 heteroatoms. The molecule has 1 unspecified atom stereocenters. The predicted molar refractivity (Wildman–Crippen MR) is 104 cm³/mol. The molecule has 1 fully saturated rings. The Morgan fingerprint density at radius 3 is 2.62 bits per heavy atom. The summed E-state index contributed by atoms with van der Waals surface area (Å²) in [6, 6.07) is 16.4. The number of aliphatic hydroxyl groups is 2. The molecule has 2 heterocycles. The highest BCUT2D eigenvalue weighted by Crippen LogP contribution is 2.33. The summed E-state index contributed by atoms with van der Waals surface area (Å²) in [5.74, 6) is 0. The van der Waals surface area contributed by atoms with Crippen molar-refractivity contribution < 1.29 is 10.2 Å². The molecule has 0 bridgehead atoms. The molecule has 3 N–H and O–H groups in total. The maximum Gasteiger partial charge on any atom is 0.0817 e. The van der Waals surface area contributed by atoms with Gasteiger partial charge in [-0.15, -0.1) is 0 Å². The minimum Gasteiger partial charge on any atom is -0.390 e. The van der Waals surface area contributed by atoms with Crippen molar-refractivity contribution in [1.82, 2.24) is 4.90 Å². The van der Waals surface area contributed by atoms with Crippen LogP contribution in [0.1, 0.15) is 42.1 Å². The standard InChI is InChI=1S/C22H28N2O2/c25-21(18-4-2-1-3-5-18)15-22(26)9-12-24(13-10-22)16-17-6-7-20-19(14-17)8-11-23-20/h1-7,14,21,23,25-26H,8-13,15-16H2. The average Bonchev–Trinajstić information content (AvgIpc) is 3.12. The van der Waals surface area contributed by atoms with Crippen molar-refractivity contribution in [3.05, 3.63) is 65.2 Å². The van der Waals surface area contributed by atoms with E-state index in [1.165, 1.54) is 16.8 Å². The molecule has 0 saturated carbocycles. The van der Waals surface area contributed by atoms with E-state index < -0.39 is 11.7 Å². The van der Waals surface area contributed by atoms with Crippen LogP contribution in [0.25, 0.3) is 0 Å². The van der Waals surface area contributed by atoms with E-state index in [1.807, 2.05) is 30.3 Å². The van der Waals surface area contributed by atoms with Crippen LogP contribution in [0.15, 0.2) is 48.5 Å². The Bertz CT molecular complexity index is 739. The normalized spacial score (nSPS) is 20.4. The monoisotopic (exact) mass is 352 g/mol. The van der Waals surface area contributed by atoms with E-state index in [4.69, 9.17) is 0 Å². The summed E-state index contributed by atoms with van der Waals surface area (Å²) in [4.78, 5) is 2.41. The summed E-state index contributed by atoms with van der Waals surface area (Å²) in [6.45, 7) is 3.71. The Morgan fingerprint density at radius 1 is 1.08 bits per heavy atom. The first kappa shape index (κ1) is 17.5. The number of anilines is 1. The molecule has 0 amide bonds. The summed E-state index contributed by atoms with van der Waals surface area (Å²) in [7, 11) is 0. The van der Waals surface area contributed by atoms with Gasteiger partial charge in [0.2, 0.25) is 0 Å². The molecule has 2 aromatic carbocycles. The van der Waals surface area contributed by atoms with Crippen molar-refractivity contribution in [3.8, 4) is 0 Å². The Labute approximate surface area is 155 Å². The van der Waals surface area contributed by atoms with Gasteiger partial charge in [-0.1, -0.05) is 42.5 Å². The van der Waals surface area contributed by atoms with Crippen LogP contribution in [0.5, 0.6) is 0 Å². The molecular formula is C22H28N2O2. The fourth-order valence-corrected chi connectivity index (χ4v) is 4.20. The second-order valence-corrected chi connectivity index (χ2v) is 7.80. The molecule has 0 spiro atoms. The number of rotatable bonds is 5. The lowest BCUT2D eigenvalue weighted by atomic mass is 9.84. The smallest absolute Gasteiger partial charge is 0.0817 e. The van der Waals surface area contributed by atoms with E-state index in [0.717, 1.165) is 38.2 Å². The van der Waals surface area contributed by atoms with Crippen molar-refractivity contribution in [2.24, 2.45) is 0 Å². The molecule has 0 aliphatic carbocycles. The van der Waals surface area contributed by atoms with Gasteiger partial charge in [-0.2, -0.15) is 0 Å². The van der Waals surface area contributed by atoms with Crippen LogP contribution in [-0.4, -0.2) is 40.3 Å². The number of hydrogen-bond acceptors (Lipinski definition) is 4. The average molecular weight is 352 g/mol. The third-order valence-electron chi connectivity index (χ3n) is 5.83. The number of fused-ring (bicyclic) bond motifs is 1. The maximum atomic E-state index is 10.9. The third kappa shape index (κ3) is 3.93. The molecule has 4 rings (SSSR count). The van der Waals surface area contributed by atoms with E-state index in [2.05, 4.69) is 28.4 Å². The van der Waals surface area contributed by atoms with E-state index >= 15 is 0 Å². The van der Waals surface area contributed by atoms with Crippen LogP contribution in [0.4, 0.5) is 5.69 Å². The molecule has 2 aliphatic heterocycles. The summed E-state index contributed by atoms with van der Waals surface area (Å²) in [5, 5.41) is 24.8. The zero-order valence-electron chi connectivity index (χ0n) is 15.2. The number of hydrogen-bond donors (Lipinski definition) is 3. The maximum absolute atomic E-state index is 10.9. The molecular weight excluding hydrogens is 324 g/mol. The second kappa shape index (κ2) is 7.39. The van der Waals surface area contributed by atoms with Gasteiger partial charge in [0, 0.05) is 38.3 Å².